The van der Waals surface area contributed by atoms with Gasteiger partial charge in [0.05, 0.1) is 18.7 Å². The summed E-state index contributed by atoms with van der Waals surface area (Å²) in [5.74, 6) is -0.0935. The molecule has 1 rings (SSSR count). The van der Waals surface area contributed by atoms with Crippen molar-refractivity contribution in [3.63, 3.8) is 0 Å². The van der Waals surface area contributed by atoms with E-state index in [-0.39, 0.29) is 11.9 Å². The van der Waals surface area contributed by atoms with Crippen LogP contribution in [-0.4, -0.2) is 38.3 Å². The number of benzene rings is 1. The second kappa shape index (κ2) is 11.2. The molecule has 2 N–H and O–H groups in total. The van der Waals surface area contributed by atoms with Crippen LogP contribution in [0.2, 0.25) is 0 Å². The quantitative estimate of drug-likeness (QED) is 0.199. The first-order valence-corrected chi connectivity index (χ1v) is 7.62. The van der Waals surface area contributed by atoms with Crippen molar-refractivity contribution in [2.75, 3.05) is 25.5 Å². The molecule has 0 saturated heterocycles. The predicted molar refractivity (Wildman–Crippen MR) is 99.8 cm³/mol. The Hall–Kier alpha value is -3.40. The first kappa shape index (κ1) is 19.6. The van der Waals surface area contributed by atoms with Crippen molar-refractivity contribution in [1.82, 2.24) is 5.32 Å². The number of carbonyl (C=O) groups excluding carboxylic acids is 1. The summed E-state index contributed by atoms with van der Waals surface area (Å²) in [6.07, 6.45) is 6.93. The van der Waals surface area contributed by atoms with Crippen molar-refractivity contribution < 1.29 is 9.53 Å². The van der Waals surface area contributed by atoms with Gasteiger partial charge in [0.15, 0.2) is 6.19 Å². The number of aliphatic imine (C=N–C) groups is 2. The maximum atomic E-state index is 11.6. The maximum Gasteiger partial charge on any atom is 0.338 e. The Labute approximate surface area is 147 Å². The third-order valence-corrected chi connectivity index (χ3v) is 2.95. The van der Waals surface area contributed by atoms with Crippen LogP contribution in [0.25, 0.3) is 0 Å². The summed E-state index contributed by atoms with van der Waals surface area (Å²) >= 11 is 0. The second-order valence-corrected chi connectivity index (χ2v) is 4.68. The maximum absolute atomic E-state index is 11.6. The van der Waals surface area contributed by atoms with Crippen molar-refractivity contribution in [3.05, 3.63) is 54.1 Å². The van der Waals surface area contributed by atoms with Crippen LogP contribution in [0, 0.1) is 11.5 Å². The lowest BCUT2D eigenvalue weighted by Crippen LogP contribution is -2.27. The number of guanidine groups is 1. The van der Waals surface area contributed by atoms with Gasteiger partial charge in [0, 0.05) is 18.9 Å². The number of rotatable bonds is 7. The van der Waals surface area contributed by atoms with Crippen LogP contribution in [0.1, 0.15) is 17.3 Å². The standard InChI is InChI=1S/C18H21N5O2/c1-4-14(10-11-20-3)12-21-18(22-13-19)23-16-8-6-15(7-9-16)17(24)25-5-2/h4,6-11H,1,5,12H2,2-3H3,(H2,21,22,23)/b14-10+,20-11?. The zero-order valence-corrected chi connectivity index (χ0v) is 14.3. The van der Waals surface area contributed by atoms with E-state index in [1.165, 1.54) is 0 Å². The van der Waals surface area contributed by atoms with E-state index < -0.39 is 0 Å². The number of esters is 1. The van der Waals surface area contributed by atoms with Gasteiger partial charge in [0.1, 0.15) is 0 Å². The zero-order valence-electron chi connectivity index (χ0n) is 14.3. The van der Waals surface area contributed by atoms with Gasteiger partial charge in [-0.05, 0) is 42.8 Å². The second-order valence-electron chi connectivity index (χ2n) is 4.68. The Balaban J connectivity index is 2.83. The monoisotopic (exact) mass is 339 g/mol. The highest BCUT2D eigenvalue weighted by Crippen LogP contribution is 2.10. The largest absolute Gasteiger partial charge is 0.462 e. The molecule has 0 aromatic heterocycles. The van der Waals surface area contributed by atoms with Crippen LogP contribution in [0.15, 0.2) is 58.6 Å². The molecule has 1 aromatic rings. The Morgan fingerprint density at radius 2 is 2.12 bits per heavy atom. The Bertz CT molecular complexity index is 712. The highest BCUT2D eigenvalue weighted by molar-refractivity contribution is 5.95. The lowest BCUT2D eigenvalue weighted by Gasteiger charge is -2.09. The van der Waals surface area contributed by atoms with Gasteiger partial charge in [-0.25, -0.2) is 9.79 Å². The van der Waals surface area contributed by atoms with E-state index in [0.717, 1.165) is 5.57 Å². The molecular formula is C18H21N5O2. The molecule has 0 amide bonds. The molecule has 0 unspecified atom stereocenters. The first-order chi connectivity index (χ1) is 12.1. The smallest absolute Gasteiger partial charge is 0.338 e. The molecule has 0 aliphatic rings. The van der Waals surface area contributed by atoms with Crippen LogP contribution in [0.5, 0.6) is 0 Å². The third-order valence-electron chi connectivity index (χ3n) is 2.95. The van der Waals surface area contributed by atoms with E-state index in [0.29, 0.717) is 24.4 Å². The number of nitrogens with zero attached hydrogens (tertiary/aromatic N) is 3. The fourth-order valence-electron chi connectivity index (χ4n) is 1.73. The molecule has 7 nitrogen and oxygen atoms in total. The van der Waals surface area contributed by atoms with E-state index in [9.17, 15) is 4.79 Å². The number of nitriles is 1. The Kier molecular flexibility index (Phi) is 8.79. The Morgan fingerprint density at radius 3 is 2.68 bits per heavy atom. The Morgan fingerprint density at radius 1 is 1.40 bits per heavy atom. The number of hydrogen-bond donors (Lipinski definition) is 2. The highest BCUT2D eigenvalue weighted by atomic mass is 16.5. The van der Waals surface area contributed by atoms with Gasteiger partial charge in [-0.15, -0.1) is 0 Å². The van der Waals surface area contributed by atoms with Gasteiger partial charge in [-0.3, -0.25) is 10.3 Å². The number of hydrogen-bond acceptors (Lipinski definition) is 5. The minimum Gasteiger partial charge on any atom is -0.462 e. The molecule has 0 atom stereocenters. The van der Waals surface area contributed by atoms with Gasteiger partial charge in [-0.1, -0.05) is 12.7 Å². The number of nitrogens with one attached hydrogen (secondary N) is 2. The molecule has 0 spiro atoms. The fraction of sp³-hybridized carbons (Fsp3) is 0.222. The van der Waals surface area contributed by atoms with Crippen molar-refractivity contribution in [1.29, 1.82) is 5.26 Å². The first-order valence-electron chi connectivity index (χ1n) is 7.62. The lowest BCUT2D eigenvalue weighted by molar-refractivity contribution is 0.0526. The predicted octanol–water partition coefficient (Wildman–Crippen LogP) is 2.51. The van der Waals surface area contributed by atoms with Gasteiger partial charge < -0.3 is 10.1 Å². The molecule has 25 heavy (non-hydrogen) atoms. The molecule has 0 saturated carbocycles. The summed E-state index contributed by atoms with van der Waals surface area (Å²) in [4.78, 5) is 19.8. The van der Waals surface area contributed by atoms with Crippen molar-refractivity contribution in [2.24, 2.45) is 9.98 Å². The molecule has 0 heterocycles. The topological polar surface area (TPSA) is 98.9 Å². The minimum absolute atomic E-state index is 0.285. The number of ether oxygens (including phenoxy) is 1. The average Bonchev–Trinajstić information content (AvgIpc) is 2.62. The van der Waals surface area contributed by atoms with E-state index in [2.05, 4.69) is 27.2 Å². The molecule has 0 fully saturated rings. The molecule has 1 aromatic carbocycles. The summed E-state index contributed by atoms with van der Waals surface area (Å²) in [5, 5.41) is 14.3. The summed E-state index contributed by atoms with van der Waals surface area (Å²) in [5.41, 5.74) is 1.98. The van der Waals surface area contributed by atoms with Crippen LogP contribution >= 0.6 is 0 Å². The normalized spacial score (nSPS) is 11.7. The molecular weight excluding hydrogens is 318 g/mol. The van der Waals surface area contributed by atoms with Crippen LogP contribution in [0.4, 0.5) is 5.69 Å². The van der Waals surface area contributed by atoms with E-state index >= 15 is 0 Å². The van der Waals surface area contributed by atoms with Crippen molar-refractivity contribution in [3.8, 4) is 6.19 Å². The summed E-state index contributed by atoms with van der Waals surface area (Å²) in [6.45, 7) is 6.12. The lowest BCUT2D eigenvalue weighted by atomic mass is 10.2. The summed E-state index contributed by atoms with van der Waals surface area (Å²) < 4.78 is 4.93. The van der Waals surface area contributed by atoms with Gasteiger partial charge in [-0.2, -0.15) is 5.26 Å². The van der Waals surface area contributed by atoms with Crippen LogP contribution in [0.3, 0.4) is 0 Å². The van der Waals surface area contributed by atoms with Crippen LogP contribution in [-0.2, 0) is 4.74 Å². The van der Waals surface area contributed by atoms with Gasteiger partial charge >= 0.3 is 5.97 Å². The van der Waals surface area contributed by atoms with Gasteiger partial charge in [0.2, 0.25) is 5.96 Å². The number of carbonyl (C=O) groups is 1. The highest BCUT2D eigenvalue weighted by Gasteiger charge is 2.06. The minimum atomic E-state index is -0.378. The van der Waals surface area contributed by atoms with E-state index in [1.807, 2.05) is 6.19 Å². The van der Waals surface area contributed by atoms with Crippen molar-refractivity contribution in [2.45, 2.75) is 6.92 Å². The average molecular weight is 339 g/mol. The third kappa shape index (κ3) is 7.14. The van der Waals surface area contributed by atoms with Gasteiger partial charge in [0.25, 0.3) is 0 Å². The fourth-order valence-corrected chi connectivity index (χ4v) is 1.73. The summed E-state index contributed by atoms with van der Waals surface area (Å²) in [6, 6.07) is 6.68. The van der Waals surface area contributed by atoms with E-state index in [1.54, 1.807) is 56.6 Å². The van der Waals surface area contributed by atoms with Crippen LogP contribution < -0.4 is 10.6 Å². The van der Waals surface area contributed by atoms with Crippen molar-refractivity contribution >= 4 is 23.8 Å². The molecule has 0 radical (unpaired) electrons. The molecule has 0 aliphatic carbocycles. The number of anilines is 1. The zero-order chi connectivity index (χ0) is 18.5. The van der Waals surface area contributed by atoms with E-state index in [4.69, 9.17) is 10.00 Å². The number of allylic oxidation sites excluding steroid dienone is 1. The molecule has 130 valence electrons. The molecule has 7 heteroatoms. The molecule has 0 bridgehead atoms. The molecule has 0 aliphatic heterocycles. The SMILES string of the molecule is C=C/C(=C\C=NC)CN=C(NC#N)Nc1ccc(C(=O)OCC)cc1. The summed E-state index contributed by atoms with van der Waals surface area (Å²) in [7, 11) is 1.67.